The highest BCUT2D eigenvalue weighted by molar-refractivity contribution is 7.91. The highest BCUT2D eigenvalue weighted by Crippen LogP contribution is 2.42. The van der Waals surface area contributed by atoms with Crippen molar-refractivity contribution in [2.45, 2.75) is 35.9 Å². The summed E-state index contributed by atoms with van der Waals surface area (Å²) in [5.41, 5.74) is 5.44. The molecule has 2 atom stereocenters. The zero-order chi connectivity index (χ0) is 23.4. The molecule has 178 valence electrons. The van der Waals surface area contributed by atoms with Gasteiger partial charge >= 0.3 is 0 Å². The number of alkyl halides is 2. The summed E-state index contributed by atoms with van der Waals surface area (Å²) < 4.78 is 66.5. The molecule has 1 saturated carbocycles. The molecule has 13 heteroatoms. The molecule has 0 spiro atoms. The van der Waals surface area contributed by atoms with Gasteiger partial charge in [0.2, 0.25) is 5.91 Å². The maximum Gasteiger partial charge on any atom is 0.270 e. The molecule has 0 radical (unpaired) electrons. The van der Waals surface area contributed by atoms with Gasteiger partial charge in [-0.15, -0.1) is 12.4 Å². The van der Waals surface area contributed by atoms with E-state index in [2.05, 4.69) is 0 Å². The van der Waals surface area contributed by atoms with Crippen LogP contribution in [-0.2, 0) is 21.2 Å². The third-order valence-electron chi connectivity index (χ3n) is 5.29. The highest BCUT2D eigenvalue weighted by atomic mass is 35.5. The van der Waals surface area contributed by atoms with Crippen LogP contribution in [0, 0.1) is 5.82 Å². The Kier molecular flexibility index (Phi) is 6.73. The van der Waals surface area contributed by atoms with Crippen molar-refractivity contribution < 1.29 is 31.2 Å². The summed E-state index contributed by atoms with van der Waals surface area (Å²) in [7, 11) is -4.19. The van der Waals surface area contributed by atoms with Gasteiger partial charge in [-0.3, -0.25) is 9.59 Å². The van der Waals surface area contributed by atoms with Crippen molar-refractivity contribution in [2.75, 3.05) is 10.7 Å². The van der Waals surface area contributed by atoms with E-state index in [0.717, 1.165) is 11.0 Å². The smallest absolute Gasteiger partial charge is 0.270 e. The van der Waals surface area contributed by atoms with E-state index < -0.39 is 68.1 Å². The summed E-state index contributed by atoms with van der Waals surface area (Å²) in [5.74, 6) is -6.95. The number of fused-ring (bicyclic) bond motifs is 1. The van der Waals surface area contributed by atoms with E-state index in [1.54, 1.807) is 24.3 Å². The summed E-state index contributed by atoms with van der Waals surface area (Å²) in [6, 6.07) is 4.97. The number of carbonyl (C=O) groups is 2. The number of nitrogens with two attached hydrogens (primary N) is 1. The number of rotatable bonds is 4. The van der Waals surface area contributed by atoms with E-state index in [-0.39, 0.29) is 24.6 Å². The maximum atomic E-state index is 14.7. The van der Waals surface area contributed by atoms with Crippen LogP contribution < -0.4 is 16.0 Å². The van der Waals surface area contributed by atoms with Gasteiger partial charge in [-0.1, -0.05) is 23.7 Å². The normalized spacial score (nSPS) is 22.6. The number of hydrogen-bond acceptors (Lipinski definition) is 5. The van der Waals surface area contributed by atoms with Gasteiger partial charge in [0, 0.05) is 11.4 Å². The Bertz CT molecular complexity index is 1230. The quantitative estimate of drug-likeness (QED) is 0.640. The molecule has 1 fully saturated rings. The first-order chi connectivity index (χ1) is 14.9. The van der Waals surface area contributed by atoms with Gasteiger partial charge in [0.15, 0.2) is 9.84 Å². The highest BCUT2D eigenvalue weighted by Gasteiger charge is 2.58. The average molecular weight is 524 g/mol. The Morgan fingerprint density at radius 1 is 1.24 bits per heavy atom. The summed E-state index contributed by atoms with van der Waals surface area (Å²) in [6.07, 6.45) is -0.574. The van der Waals surface area contributed by atoms with Crippen LogP contribution in [0.2, 0.25) is 5.02 Å². The number of benzene rings is 2. The molecular formula is C20H18Cl2F3N3O4S. The number of hydrogen-bond donors (Lipinski definition) is 2. The summed E-state index contributed by atoms with van der Waals surface area (Å²) >= 11 is 5.87. The Hall–Kier alpha value is -2.34. The SMILES string of the molecule is Cl.N[C@H]1CS(=O)(=O)c2cc(F)c(C(=O)N[C@H]3CC3(F)F)cc2N(Cc2ccc(Cl)cc2)C1=O. The van der Waals surface area contributed by atoms with Crippen molar-refractivity contribution in [2.24, 2.45) is 5.73 Å². The topological polar surface area (TPSA) is 110 Å². The molecule has 4 rings (SSSR count). The van der Waals surface area contributed by atoms with Gasteiger partial charge in [0.25, 0.3) is 11.8 Å². The molecule has 3 N–H and O–H groups in total. The molecule has 2 amide bonds. The number of amides is 2. The summed E-state index contributed by atoms with van der Waals surface area (Å²) in [4.78, 5) is 25.9. The lowest BCUT2D eigenvalue weighted by atomic mass is 10.1. The maximum absolute atomic E-state index is 14.7. The number of halogens is 5. The molecule has 1 aliphatic carbocycles. The van der Waals surface area contributed by atoms with Gasteiger partial charge in [0.1, 0.15) is 5.82 Å². The number of nitrogens with one attached hydrogen (secondary N) is 1. The van der Waals surface area contributed by atoms with Gasteiger partial charge in [-0.05, 0) is 29.8 Å². The lowest BCUT2D eigenvalue weighted by molar-refractivity contribution is -0.119. The number of carbonyl (C=O) groups excluding carboxylic acids is 2. The molecule has 0 unspecified atom stereocenters. The van der Waals surface area contributed by atoms with Crippen LogP contribution >= 0.6 is 24.0 Å². The first kappa shape index (κ1) is 25.3. The molecule has 0 saturated heterocycles. The summed E-state index contributed by atoms with van der Waals surface area (Å²) in [6.45, 7) is -0.139. The Morgan fingerprint density at radius 2 is 1.85 bits per heavy atom. The van der Waals surface area contributed by atoms with Gasteiger partial charge in [0.05, 0.1) is 40.5 Å². The van der Waals surface area contributed by atoms with Crippen molar-refractivity contribution in [3.8, 4) is 0 Å². The van der Waals surface area contributed by atoms with Crippen molar-refractivity contribution in [3.63, 3.8) is 0 Å². The predicted octanol–water partition coefficient (Wildman–Crippen LogP) is 2.69. The van der Waals surface area contributed by atoms with Crippen LogP contribution in [0.3, 0.4) is 0 Å². The van der Waals surface area contributed by atoms with E-state index in [0.29, 0.717) is 16.7 Å². The first-order valence-electron chi connectivity index (χ1n) is 9.45. The lowest BCUT2D eigenvalue weighted by Crippen LogP contribution is -2.45. The van der Waals surface area contributed by atoms with Gasteiger partial charge in [-0.2, -0.15) is 0 Å². The van der Waals surface area contributed by atoms with E-state index in [9.17, 15) is 31.2 Å². The van der Waals surface area contributed by atoms with Crippen LogP contribution in [0.4, 0.5) is 18.9 Å². The molecule has 2 aromatic rings. The average Bonchev–Trinajstić information content (AvgIpc) is 3.32. The second-order valence-electron chi connectivity index (χ2n) is 7.73. The Balaban J connectivity index is 0.00000306. The van der Waals surface area contributed by atoms with Gasteiger partial charge < -0.3 is 16.0 Å². The zero-order valence-electron chi connectivity index (χ0n) is 16.7. The molecule has 2 aromatic carbocycles. The molecule has 0 aromatic heterocycles. The summed E-state index contributed by atoms with van der Waals surface area (Å²) in [5, 5.41) is 2.45. The Morgan fingerprint density at radius 3 is 2.42 bits per heavy atom. The van der Waals surface area contributed by atoms with E-state index in [1.165, 1.54) is 0 Å². The number of sulfone groups is 1. The van der Waals surface area contributed by atoms with E-state index >= 15 is 0 Å². The van der Waals surface area contributed by atoms with Crippen LogP contribution in [0.5, 0.6) is 0 Å². The molecule has 0 bridgehead atoms. The van der Waals surface area contributed by atoms with E-state index in [4.69, 9.17) is 17.3 Å². The van der Waals surface area contributed by atoms with Crippen LogP contribution in [-0.4, -0.2) is 44.0 Å². The van der Waals surface area contributed by atoms with Crippen LogP contribution in [0.1, 0.15) is 22.3 Å². The largest absolute Gasteiger partial charge is 0.343 e. The van der Waals surface area contributed by atoms with Crippen molar-refractivity contribution in [1.82, 2.24) is 5.32 Å². The van der Waals surface area contributed by atoms with Crippen molar-refractivity contribution in [3.05, 3.63) is 58.4 Å². The number of nitrogens with zero attached hydrogens (tertiary/aromatic N) is 1. The molecule has 1 aliphatic heterocycles. The fraction of sp³-hybridized carbons (Fsp3) is 0.300. The fourth-order valence-electron chi connectivity index (χ4n) is 3.44. The fourth-order valence-corrected chi connectivity index (χ4v) is 5.13. The zero-order valence-corrected chi connectivity index (χ0v) is 19.1. The standard InChI is InChI=1S/C20H17ClF3N3O4S.ClH/c21-11-3-1-10(2-4-11)8-27-15-5-12(18(28)26-17-7-20(17,23)24)13(22)6-16(15)32(30,31)9-14(25)19(27)29;/h1-6,14,17H,7-9,25H2,(H,26,28);1H/t14-,17-;/m0./s1. The number of anilines is 1. The minimum absolute atomic E-state index is 0. The third-order valence-corrected chi connectivity index (χ3v) is 7.33. The lowest BCUT2D eigenvalue weighted by Gasteiger charge is -2.25. The Labute approximate surface area is 198 Å². The molecule has 2 aliphatic rings. The third kappa shape index (κ3) is 4.96. The monoisotopic (exact) mass is 523 g/mol. The minimum atomic E-state index is -4.19. The van der Waals surface area contributed by atoms with Crippen LogP contribution in [0.25, 0.3) is 0 Å². The molecular weight excluding hydrogens is 506 g/mol. The first-order valence-corrected chi connectivity index (χ1v) is 11.5. The predicted molar refractivity (Wildman–Crippen MR) is 117 cm³/mol. The minimum Gasteiger partial charge on any atom is -0.343 e. The molecule has 33 heavy (non-hydrogen) atoms. The second-order valence-corrected chi connectivity index (χ2v) is 10.2. The molecule has 7 nitrogen and oxygen atoms in total. The van der Waals surface area contributed by atoms with E-state index in [1.807, 2.05) is 5.32 Å². The van der Waals surface area contributed by atoms with Crippen molar-refractivity contribution in [1.29, 1.82) is 0 Å². The molecule has 1 heterocycles. The van der Waals surface area contributed by atoms with Crippen molar-refractivity contribution >= 4 is 51.3 Å². The second kappa shape index (κ2) is 8.79. The van der Waals surface area contributed by atoms with Gasteiger partial charge in [-0.25, -0.2) is 21.6 Å². The van der Waals surface area contributed by atoms with Crippen LogP contribution in [0.15, 0.2) is 41.3 Å².